The summed E-state index contributed by atoms with van der Waals surface area (Å²) in [6.45, 7) is 1.80. The molecular weight excluding hydrogens is 504 g/mol. The third-order valence-corrected chi connectivity index (χ3v) is 6.58. The van der Waals surface area contributed by atoms with Gasteiger partial charge in [-0.1, -0.05) is 65.4 Å². The number of rotatable bonds is 7. The number of amides is 2. The molecule has 0 radical (unpaired) electrons. The van der Waals surface area contributed by atoms with Gasteiger partial charge in [-0.25, -0.2) is 0 Å². The maximum atomic E-state index is 13.0. The normalized spacial score (nSPS) is 14.4. The van der Waals surface area contributed by atoms with Gasteiger partial charge < -0.3 is 14.8 Å². The maximum Gasteiger partial charge on any atom is 0.270 e. The molecule has 1 aliphatic rings. The van der Waals surface area contributed by atoms with Gasteiger partial charge in [-0.2, -0.15) is 0 Å². The SMILES string of the molecule is COc1cc(/C=C2\SC(=S)N(c3cccc(Cl)c3)C2=O)ccc1OCC(=O)Nc1ccc(C)cc1. The fourth-order valence-electron chi connectivity index (χ4n) is 3.33. The van der Waals surface area contributed by atoms with E-state index in [1.807, 2.05) is 31.2 Å². The van der Waals surface area contributed by atoms with Crippen LogP contribution in [0.5, 0.6) is 11.5 Å². The monoisotopic (exact) mass is 524 g/mol. The number of methoxy groups -OCH3 is 1. The molecule has 9 heteroatoms. The lowest BCUT2D eigenvalue weighted by Gasteiger charge is -2.14. The number of anilines is 2. The van der Waals surface area contributed by atoms with Gasteiger partial charge in [-0.3, -0.25) is 14.5 Å². The van der Waals surface area contributed by atoms with E-state index in [-0.39, 0.29) is 18.4 Å². The van der Waals surface area contributed by atoms with E-state index in [1.54, 1.807) is 48.5 Å². The van der Waals surface area contributed by atoms with Crippen LogP contribution in [0.25, 0.3) is 6.08 Å². The molecule has 6 nitrogen and oxygen atoms in total. The molecule has 0 atom stereocenters. The molecule has 1 heterocycles. The minimum Gasteiger partial charge on any atom is -0.493 e. The van der Waals surface area contributed by atoms with Crippen LogP contribution in [-0.4, -0.2) is 29.9 Å². The van der Waals surface area contributed by atoms with E-state index >= 15 is 0 Å². The molecule has 2 amide bonds. The summed E-state index contributed by atoms with van der Waals surface area (Å²) in [5, 5.41) is 3.31. The molecule has 0 saturated carbocycles. The molecule has 3 aromatic rings. The third kappa shape index (κ3) is 6.03. The molecule has 0 unspecified atom stereocenters. The van der Waals surface area contributed by atoms with E-state index in [4.69, 9.17) is 33.3 Å². The summed E-state index contributed by atoms with van der Waals surface area (Å²) in [4.78, 5) is 27.2. The number of hydrogen-bond donors (Lipinski definition) is 1. The first-order valence-corrected chi connectivity index (χ1v) is 12.1. The molecule has 178 valence electrons. The van der Waals surface area contributed by atoms with Crippen LogP contribution in [0.4, 0.5) is 11.4 Å². The number of nitrogens with zero attached hydrogens (tertiary/aromatic N) is 1. The Balaban J connectivity index is 1.45. The molecule has 4 rings (SSSR count). The van der Waals surface area contributed by atoms with Crippen molar-refractivity contribution >= 4 is 69.2 Å². The van der Waals surface area contributed by atoms with Crippen LogP contribution < -0.4 is 19.7 Å². The summed E-state index contributed by atoms with van der Waals surface area (Å²) in [6, 6.07) is 19.7. The topological polar surface area (TPSA) is 67.9 Å². The van der Waals surface area contributed by atoms with E-state index in [1.165, 1.54) is 23.8 Å². The van der Waals surface area contributed by atoms with Crippen molar-refractivity contribution in [1.29, 1.82) is 0 Å². The minimum absolute atomic E-state index is 0.179. The Bertz CT molecular complexity index is 1330. The number of carbonyl (C=O) groups is 2. The average Bonchev–Trinajstić information content (AvgIpc) is 3.12. The van der Waals surface area contributed by atoms with Crippen molar-refractivity contribution < 1.29 is 19.1 Å². The first kappa shape index (κ1) is 24.8. The van der Waals surface area contributed by atoms with Crippen molar-refractivity contribution in [1.82, 2.24) is 0 Å². The van der Waals surface area contributed by atoms with E-state index in [2.05, 4.69) is 5.32 Å². The number of carbonyl (C=O) groups excluding carboxylic acids is 2. The minimum atomic E-state index is -0.287. The van der Waals surface area contributed by atoms with Gasteiger partial charge in [-0.15, -0.1) is 0 Å². The number of thioether (sulfide) groups is 1. The number of hydrogen-bond acceptors (Lipinski definition) is 6. The van der Waals surface area contributed by atoms with Crippen molar-refractivity contribution in [2.75, 3.05) is 23.9 Å². The molecule has 0 aromatic heterocycles. The highest BCUT2D eigenvalue weighted by molar-refractivity contribution is 8.27. The third-order valence-electron chi connectivity index (χ3n) is 5.04. The second kappa shape index (κ2) is 10.9. The summed E-state index contributed by atoms with van der Waals surface area (Å²) in [5.41, 5.74) is 3.15. The van der Waals surface area contributed by atoms with E-state index in [0.717, 1.165) is 11.1 Å². The molecule has 35 heavy (non-hydrogen) atoms. The van der Waals surface area contributed by atoms with Gasteiger partial charge in [0.15, 0.2) is 22.4 Å². The molecule has 0 aliphatic carbocycles. The fourth-order valence-corrected chi connectivity index (χ4v) is 4.81. The molecule has 1 saturated heterocycles. The standard InChI is InChI=1S/C26H21ClN2O4S2/c1-16-6-9-19(10-7-16)28-24(30)15-33-21-11-8-17(12-22(21)32-2)13-23-25(31)29(26(34)35-23)20-5-3-4-18(27)14-20/h3-14H,15H2,1-2H3,(H,28,30)/b23-13-. The summed E-state index contributed by atoms with van der Waals surface area (Å²) in [7, 11) is 1.51. The highest BCUT2D eigenvalue weighted by Crippen LogP contribution is 2.37. The highest BCUT2D eigenvalue weighted by atomic mass is 35.5. The molecule has 1 N–H and O–H groups in total. The van der Waals surface area contributed by atoms with Crippen LogP contribution in [0.1, 0.15) is 11.1 Å². The van der Waals surface area contributed by atoms with Gasteiger partial charge >= 0.3 is 0 Å². The Morgan fingerprint density at radius 1 is 1.11 bits per heavy atom. The number of thiocarbonyl (C=S) groups is 1. The molecule has 1 fully saturated rings. The first-order chi connectivity index (χ1) is 16.8. The van der Waals surface area contributed by atoms with Crippen LogP contribution >= 0.6 is 35.6 Å². The van der Waals surface area contributed by atoms with Gasteiger partial charge in [0.2, 0.25) is 0 Å². The lowest BCUT2D eigenvalue weighted by Crippen LogP contribution is -2.27. The number of aryl methyl sites for hydroxylation is 1. The molecular formula is C26H21ClN2O4S2. The Labute approximate surface area is 217 Å². The molecule has 0 bridgehead atoms. The van der Waals surface area contributed by atoms with Crippen molar-refractivity contribution in [2.45, 2.75) is 6.92 Å². The number of ether oxygens (including phenoxy) is 2. The Hall–Kier alpha value is -3.33. The van der Waals surface area contributed by atoms with Gasteiger partial charge in [0.1, 0.15) is 0 Å². The summed E-state index contributed by atoms with van der Waals surface area (Å²) in [5.74, 6) is 0.335. The number of nitrogens with one attached hydrogen (secondary N) is 1. The number of benzene rings is 3. The summed E-state index contributed by atoms with van der Waals surface area (Å²) < 4.78 is 11.5. The Morgan fingerprint density at radius 2 is 1.89 bits per heavy atom. The van der Waals surface area contributed by atoms with Crippen molar-refractivity contribution in [3.05, 3.63) is 87.8 Å². The van der Waals surface area contributed by atoms with Crippen LogP contribution in [0.15, 0.2) is 71.6 Å². The average molecular weight is 525 g/mol. The largest absolute Gasteiger partial charge is 0.493 e. The highest BCUT2D eigenvalue weighted by Gasteiger charge is 2.33. The zero-order valence-electron chi connectivity index (χ0n) is 18.9. The van der Waals surface area contributed by atoms with E-state index in [0.29, 0.717) is 37.1 Å². The lowest BCUT2D eigenvalue weighted by molar-refractivity contribution is -0.118. The van der Waals surface area contributed by atoms with Crippen molar-refractivity contribution in [2.24, 2.45) is 0 Å². The van der Waals surface area contributed by atoms with Crippen molar-refractivity contribution in [3.63, 3.8) is 0 Å². The molecule has 0 spiro atoms. The predicted molar refractivity (Wildman–Crippen MR) is 145 cm³/mol. The second-order valence-electron chi connectivity index (χ2n) is 7.61. The quantitative estimate of drug-likeness (QED) is 0.298. The van der Waals surface area contributed by atoms with Gasteiger partial charge in [0, 0.05) is 10.7 Å². The first-order valence-electron chi connectivity index (χ1n) is 10.5. The van der Waals surface area contributed by atoms with Gasteiger partial charge in [0.25, 0.3) is 11.8 Å². The van der Waals surface area contributed by atoms with Crippen LogP contribution in [0.2, 0.25) is 5.02 Å². The van der Waals surface area contributed by atoms with Crippen LogP contribution in [-0.2, 0) is 9.59 Å². The second-order valence-corrected chi connectivity index (χ2v) is 9.72. The molecule has 1 aliphatic heterocycles. The van der Waals surface area contributed by atoms with Gasteiger partial charge in [-0.05, 0) is 61.0 Å². The zero-order valence-corrected chi connectivity index (χ0v) is 21.3. The molecule has 3 aromatic carbocycles. The fraction of sp³-hybridized carbons (Fsp3) is 0.115. The maximum absolute atomic E-state index is 13.0. The van der Waals surface area contributed by atoms with E-state index < -0.39 is 0 Å². The Kier molecular flexibility index (Phi) is 7.75. The lowest BCUT2D eigenvalue weighted by atomic mass is 10.2. The van der Waals surface area contributed by atoms with E-state index in [9.17, 15) is 9.59 Å². The van der Waals surface area contributed by atoms with Crippen LogP contribution in [0, 0.1) is 6.92 Å². The zero-order chi connectivity index (χ0) is 24.9. The smallest absolute Gasteiger partial charge is 0.270 e. The van der Waals surface area contributed by atoms with Gasteiger partial charge in [0.05, 0.1) is 17.7 Å². The van der Waals surface area contributed by atoms with Crippen LogP contribution in [0.3, 0.4) is 0 Å². The predicted octanol–water partition coefficient (Wildman–Crippen LogP) is 6.08. The summed E-state index contributed by atoms with van der Waals surface area (Å²) in [6.07, 6.45) is 1.74. The van der Waals surface area contributed by atoms with Crippen molar-refractivity contribution in [3.8, 4) is 11.5 Å². The number of halogens is 1. The summed E-state index contributed by atoms with van der Waals surface area (Å²) >= 11 is 12.7. The Morgan fingerprint density at radius 3 is 2.60 bits per heavy atom.